The fourth-order valence-electron chi connectivity index (χ4n) is 5.47. The van der Waals surface area contributed by atoms with Crippen LogP contribution in [0.2, 0.25) is 5.02 Å². The predicted octanol–water partition coefficient (Wildman–Crippen LogP) is 4.72. The maximum Gasteiger partial charge on any atom is 0.333 e. The van der Waals surface area contributed by atoms with Gasteiger partial charge in [0.2, 0.25) is 0 Å². The summed E-state index contributed by atoms with van der Waals surface area (Å²) in [7, 11) is 0. The Labute approximate surface area is 230 Å². The normalized spacial score (nSPS) is 17.4. The molecule has 0 saturated heterocycles. The van der Waals surface area contributed by atoms with Crippen LogP contribution in [0.25, 0.3) is 22.4 Å². The van der Waals surface area contributed by atoms with Crippen LogP contribution >= 0.6 is 11.6 Å². The number of hydrogen-bond acceptors (Lipinski definition) is 5. The van der Waals surface area contributed by atoms with E-state index in [4.69, 9.17) is 11.6 Å². The molecule has 6 rings (SSSR count). The molecule has 4 aromatic heterocycles. The second-order valence-electron chi connectivity index (χ2n) is 10.0. The summed E-state index contributed by atoms with van der Waals surface area (Å²) in [5, 5.41) is 7.88. The first-order valence-corrected chi connectivity index (χ1v) is 13.4. The highest BCUT2D eigenvalue weighted by Crippen LogP contribution is 2.28. The third-order valence-corrected chi connectivity index (χ3v) is 7.70. The van der Waals surface area contributed by atoms with Crippen LogP contribution in [0.1, 0.15) is 41.7 Å². The molecule has 1 aliphatic carbocycles. The molecule has 1 fully saturated rings. The number of halogens is 1. The number of nitrogens with one attached hydrogen (secondary N) is 1. The summed E-state index contributed by atoms with van der Waals surface area (Å²) in [4.78, 5) is 35.2. The van der Waals surface area contributed by atoms with Gasteiger partial charge in [-0.2, -0.15) is 5.10 Å². The number of pyridine rings is 2. The number of aryl methyl sites for hydroxylation is 1. The average Bonchev–Trinajstić information content (AvgIpc) is 3.58. The van der Waals surface area contributed by atoms with E-state index in [1.165, 1.54) is 0 Å². The third kappa shape index (κ3) is 4.97. The lowest BCUT2D eigenvalue weighted by Crippen LogP contribution is -2.39. The molecule has 0 bridgehead atoms. The lowest BCUT2D eigenvalue weighted by molar-refractivity contribution is 0.0919. The maximum absolute atomic E-state index is 13.8. The van der Waals surface area contributed by atoms with Gasteiger partial charge in [0.15, 0.2) is 0 Å². The monoisotopic (exact) mass is 541 g/mol. The second-order valence-corrected chi connectivity index (χ2v) is 10.5. The number of aromatic nitrogens is 6. The van der Waals surface area contributed by atoms with Gasteiger partial charge >= 0.3 is 5.69 Å². The van der Waals surface area contributed by atoms with Crippen molar-refractivity contribution in [1.29, 1.82) is 0 Å². The number of imidazole rings is 1. The smallest absolute Gasteiger partial charge is 0.333 e. The third-order valence-electron chi connectivity index (χ3n) is 7.49. The minimum atomic E-state index is -0.142. The van der Waals surface area contributed by atoms with E-state index in [0.29, 0.717) is 34.4 Å². The molecule has 4 heterocycles. The minimum Gasteiger partial charge on any atom is -0.349 e. The van der Waals surface area contributed by atoms with Crippen LogP contribution in [0, 0.1) is 12.8 Å². The summed E-state index contributed by atoms with van der Waals surface area (Å²) >= 11 is 6.05. The molecule has 1 aliphatic rings. The van der Waals surface area contributed by atoms with E-state index in [0.717, 1.165) is 42.4 Å². The van der Waals surface area contributed by atoms with Crippen molar-refractivity contribution in [3.63, 3.8) is 0 Å². The Morgan fingerprint density at radius 3 is 2.56 bits per heavy atom. The first-order chi connectivity index (χ1) is 19.0. The summed E-state index contributed by atoms with van der Waals surface area (Å²) in [5.74, 6) is 0.189. The Balaban J connectivity index is 1.20. The fraction of sp³-hybridized carbons (Fsp3) is 0.276. The largest absolute Gasteiger partial charge is 0.349 e. The van der Waals surface area contributed by atoms with Crippen molar-refractivity contribution in [1.82, 2.24) is 34.2 Å². The predicted molar refractivity (Wildman–Crippen MR) is 150 cm³/mol. The van der Waals surface area contributed by atoms with Crippen LogP contribution in [0.5, 0.6) is 0 Å². The molecular formula is C29H28ClN7O2. The first-order valence-electron chi connectivity index (χ1n) is 13.1. The van der Waals surface area contributed by atoms with E-state index in [1.54, 1.807) is 47.0 Å². The summed E-state index contributed by atoms with van der Waals surface area (Å²) in [6.07, 6.45) is 12.1. The van der Waals surface area contributed by atoms with Crippen LogP contribution in [0.3, 0.4) is 0 Å². The van der Waals surface area contributed by atoms with Gasteiger partial charge in [0.05, 0.1) is 51.1 Å². The van der Waals surface area contributed by atoms with Crippen molar-refractivity contribution in [2.75, 3.05) is 0 Å². The van der Waals surface area contributed by atoms with E-state index in [9.17, 15) is 9.59 Å². The lowest BCUT2D eigenvalue weighted by atomic mass is 9.85. The Morgan fingerprint density at radius 2 is 1.79 bits per heavy atom. The summed E-state index contributed by atoms with van der Waals surface area (Å²) in [5.41, 5.74) is 4.29. The van der Waals surface area contributed by atoms with Crippen LogP contribution in [-0.4, -0.2) is 40.8 Å². The zero-order chi connectivity index (χ0) is 26.9. The molecule has 5 aromatic rings. The SMILES string of the molecule is Cc1ncc(Cl)cc1C(=O)NC1CCC(Cn2c(=O)n(-c3cncc(-n4cccn4)c3)c3ccccc32)CC1. The van der Waals surface area contributed by atoms with Crippen molar-refractivity contribution >= 4 is 28.5 Å². The van der Waals surface area contributed by atoms with Crippen molar-refractivity contribution in [3.8, 4) is 11.4 Å². The number of amides is 1. The van der Waals surface area contributed by atoms with Gasteiger partial charge in [0, 0.05) is 31.2 Å². The fourth-order valence-corrected chi connectivity index (χ4v) is 5.63. The molecule has 9 nitrogen and oxygen atoms in total. The number of carbonyl (C=O) groups excluding carboxylic acids is 1. The van der Waals surface area contributed by atoms with Gasteiger partial charge in [-0.3, -0.25) is 23.9 Å². The second kappa shape index (κ2) is 10.5. The summed E-state index contributed by atoms with van der Waals surface area (Å²) < 4.78 is 5.32. The molecule has 0 aliphatic heterocycles. The Kier molecular flexibility index (Phi) is 6.74. The number of benzene rings is 1. The number of hydrogen-bond donors (Lipinski definition) is 1. The standard InChI is InChI=1S/C29H28ClN7O2/c1-19-25(13-21(30)15-32-19)28(38)34-22-9-7-20(8-10-22)18-35-26-5-2-3-6-27(26)37(29(35)39)24-14-23(16-31-17-24)36-12-4-11-33-36/h2-6,11-17,20,22H,7-10,18H2,1H3,(H,34,38). The highest BCUT2D eigenvalue weighted by atomic mass is 35.5. The van der Waals surface area contributed by atoms with E-state index in [1.807, 2.05) is 47.2 Å². The Bertz CT molecular complexity index is 1700. The van der Waals surface area contributed by atoms with Gasteiger partial charge in [-0.05, 0) is 68.9 Å². The van der Waals surface area contributed by atoms with Crippen molar-refractivity contribution < 1.29 is 4.79 Å². The van der Waals surface area contributed by atoms with Crippen molar-refractivity contribution in [2.45, 2.75) is 45.2 Å². The van der Waals surface area contributed by atoms with Crippen LogP contribution in [0.15, 0.2) is 78.2 Å². The molecule has 39 heavy (non-hydrogen) atoms. The Morgan fingerprint density at radius 1 is 1.03 bits per heavy atom. The van der Waals surface area contributed by atoms with E-state index in [2.05, 4.69) is 20.4 Å². The van der Waals surface area contributed by atoms with E-state index in [-0.39, 0.29) is 17.6 Å². The zero-order valence-electron chi connectivity index (χ0n) is 21.5. The highest BCUT2D eigenvalue weighted by Gasteiger charge is 2.26. The molecule has 10 heteroatoms. The molecule has 1 saturated carbocycles. The van der Waals surface area contributed by atoms with Gasteiger partial charge < -0.3 is 5.32 Å². The van der Waals surface area contributed by atoms with Crippen molar-refractivity contribution in [2.24, 2.45) is 5.92 Å². The highest BCUT2D eigenvalue weighted by molar-refractivity contribution is 6.30. The first kappa shape index (κ1) is 25.1. The van der Waals surface area contributed by atoms with Gasteiger partial charge in [-0.1, -0.05) is 23.7 Å². The minimum absolute atomic E-state index is 0.0845. The number of para-hydroxylation sites is 2. The summed E-state index contributed by atoms with van der Waals surface area (Å²) in [6, 6.07) is 13.4. The number of rotatable bonds is 6. The van der Waals surface area contributed by atoms with Crippen LogP contribution in [-0.2, 0) is 6.54 Å². The van der Waals surface area contributed by atoms with Crippen LogP contribution < -0.4 is 11.0 Å². The molecule has 0 radical (unpaired) electrons. The van der Waals surface area contributed by atoms with Crippen LogP contribution in [0.4, 0.5) is 0 Å². The quantitative estimate of drug-likeness (QED) is 0.335. The molecule has 0 spiro atoms. The van der Waals surface area contributed by atoms with E-state index >= 15 is 0 Å². The number of nitrogens with zero attached hydrogens (tertiary/aromatic N) is 6. The zero-order valence-corrected chi connectivity index (χ0v) is 22.3. The Hall–Kier alpha value is -4.24. The summed E-state index contributed by atoms with van der Waals surface area (Å²) in [6.45, 7) is 2.43. The van der Waals surface area contributed by atoms with Crippen molar-refractivity contribution in [3.05, 3.63) is 100 Å². The van der Waals surface area contributed by atoms with Gasteiger partial charge in [0.25, 0.3) is 5.91 Å². The van der Waals surface area contributed by atoms with Gasteiger partial charge in [-0.25, -0.2) is 9.48 Å². The molecule has 198 valence electrons. The molecule has 1 N–H and O–H groups in total. The van der Waals surface area contributed by atoms with E-state index < -0.39 is 0 Å². The number of fused-ring (bicyclic) bond motifs is 1. The average molecular weight is 542 g/mol. The molecular weight excluding hydrogens is 514 g/mol. The molecule has 1 aromatic carbocycles. The molecule has 1 amide bonds. The number of carbonyl (C=O) groups is 1. The maximum atomic E-state index is 13.8. The van der Waals surface area contributed by atoms with Gasteiger partial charge in [0.1, 0.15) is 0 Å². The topological polar surface area (TPSA) is 99.6 Å². The van der Waals surface area contributed by atoms with Gasteiger partial charge in [-0.15, -0.1) is 0 Å². The molecule has 0 unspecified atom stereocenters. The molecule has 0 atom stereocenters. The lowest BCUT2D eigenvalue weighted by Gasteiger charge is -2.29.